The average Bonchev–Trinajstić information content (AvgIpc) is 3.14. The van der Waals surface area contributed by atoms with Crippen molar-refractivity contribution in [1.29, 1.82) is 0 Å². The van der Waals surface area contributed by atoms with Crippen LogP contribution in [-0.4, -0.2) is 25.5 Å². The van der Waals surface area contributed by atoms with Gasteiger partial charge in [0.05, 0.1) is 0 Å². The Bertz CT molecular complexity index is 593. The molecule has 0 N–H and O–H groups in total. The third kappa shape index (κ3) is 2.25. The Balaban J connectivity index is 2.05. The van der Waals surface area contributed by atoms with Crippen molar-refractivity contribution < 1.29 is 0 Å². The molecule has 2 heteroatoms. The predicted octanol–water partition coefficient (Wildman–Crippen LogP) is 4.21. The van der Waals surface area contributed by atoms with Crippen molar-refractivity contribution in [3.8, 4) is 0 Å². The molecule has 0 aromatic heterocycles. The lowest BCUT2D eigenvalue weighted by molar-refractivity contribution is 0.377. The van der Waals surface area contributed by atoms with Gasteiger partial charge in [-0.2, -0.15) is 0 Å². The van der Waals surface area contributed by atoms with Gasteiger partial charge in [0.15, 0.2) is 0 Å². The minimum absolute atomic E-state index is 0.101. The molecule has 0 amide bonds. The smallest absolute Gasteiger partial charge is 0.0447 e. The van der Waals surface area contributed by atoms with E-state index < -0.39 is 0 Å². The molecule has 3 rings (SSSR count). The van der Waals surface area contributed by atoms with Crippen LogP contribution in [0.2, 0.25) is 5.02 Å². The SMILES string of the molecule is CN(C)CC1CC1(c1ccccc1)c1ccccc1Cl. The summed E-state index contributed by atoms with van der Waals surface area (Å²) in [6, 6.07) is 19.1. The first-order valence-electron chi connectivity index (χ1n) is 7.10. The van der Waals surface area contributed by atoms with Crippen molar-refractivity contribution in [3.63, 3.8) is 0 Å². The van der Waals surface area contributed by atoms with Gasteiger partial charge in [-0.15, -0.1) is 0 Å². The van der Waals surface area contributed by atoms with Crippen molar-refractivity contribution in [2.45, 2.75) is 11.8 Å². The molecule has 0 bridgehead atoms. The van der Waals surface area contributed by atoms with Crippen molar-refractivity contribution in [2.75, 3.05) is 20.6 Å². The highest BCUT2D eigenvalue weighted by Gasteiger charge is 2.56. The highest BCUT2D eigenvalue weighted by Crippen LogP contribution is 2.60. The highest BCUT2D eigenvalue weighted by atomic mass is 35.5. The van der Waals surface area contributed by atoms with Gasteiger partial charge in [-0.3, -0.25) is 0 Å². The summed E-state index contributed by atoms with van der Waals surface area (Å²) in [5.41, 5.74) is 2.77. The molecule has 2 unspecified atom stereocenters. The third-order valence-corrected chi connectivity index (χ3v) is 4.66. The molecular weight excluding hydrogens is 266 g/mol. The van der Waals surface area contributed by atoms with Gasteiger partial charge >= 0.3 is 0 Å². The predicted molar refractivity (Wildman–Crippen MR) is 85.3 cm³/mol. The van der Waals surface area contributed by atoms with Crippen LogP contribution in [0, 0.1) is 5.92 Å². The number of benzene rings is 2. The molecule has 0 spiro atoms. The largest absolute Gasteiger partial charge is 0.309 e. The Hall–Kier alpha value is -1.31. The molecule has 0 radical (unpaired) electrons. The first-order chi connectivity index (χ1) is 9.64. The minimum atomic E-state index is 0.101. The summed E-state index contributed by atoms with van der Waals surface area (Å²) in [7, 11) is 4.28. The molecule has 2 aromatic carbocycles. The van der Waals surface area contributed by atoms with Crippen LogP contribution in [0.4, 0.5) is 0 Å². The van der Waals surface area contributed by atoms with E-state index in [-0.39, 0.29) is 5.41 Å². The van der Waals surface area contributed by atoms with Gasteiger partial charge in [0.25, 0.3) is 0 Å². The highest BCUT2D eigenvalue weighted by molar-refractivity contribution is 6.31. The van der Waals surface area contributed by atoms with E-state index in [1.165, 1.54) is 17.5 Å². The molecule has 0 saturated heterocycles. The van der Waals surface area contributed by atoms with Crippen LogP contribution < -0.4 is 0 Å². The fourth-order valence-corrected chi connectivity index (χ4v) is 3.69. The molecule has 1 fully saturated rings. The van der Waals surface area contributed by atoms with Crippen LogP contribution in [0.15, 0.2) is 54.6 Å². The quantitative estimate of drug-likeness (QED) is 0.813. The molecule has 20 heavy (non-hydrogen) atoms. The first-order valence-corrected chi connectivity index (χ1v) is 7.47. The van der Waals surface area contributed by atoms with Crippen molar-refractivity contribution in [2.24, 2.45) is 5.92 Å². The van der Waals surface area contributed by atoms with E-state index in [4.69, 9.17) is 11.6 Å². The van der Waals surface area contributed by atoms with Crippen molar-refractivity contribution >= 4 is 11.6 Å². The van der Waals surface area contributed by atoms with E-state index in [0.717, 1.165) is 11.6 Å². The Labute approximate surface area is 126 Å². The van der Waals surface area contributed by atoms with E-state index in [1.54, 1.807) is 0 Å². The van der Waals surface area contributed by atoms with E-state index >= 15 is 0 Å². The lowest BCUT2D eigenvalue weighted by atomic mass is 9.85. The zero-order chi connectivity index (χ0) is 14.2. The van der Waals surface area contributed by atoms with Gasteiger partial charge in [-0.1, -0.05) is 60.1 Å². The molecule has 1 aliphatic carbocycles. The van der Waals surface area contributed by atoms with Gasteiger partial charge in [0.2, 0.25) is 0 Å². The lowest BCUT2D eigenvalue weighted by Crippen LogP contribution is -2.21. The van der Waals surface area contributed by atoms with Gasteiger partial charge in [-0.05, 0) is 43.6 Å². The molecular formula is C18H20ClN. The second-order valence-corrected chi connectivity index (χ2v) is 6.39. The van der Waals surface area contributed by atoms with Crippen molar-refractivity contribution in [3.05, 3.63) is 70.7 Å². The van der Waals surface area contributed by atoms with Crippen LogP contribution >= 0.6 is 11.6 Å². The maximum atomic E-state index is 6.49. The number of hydrogen-bond acceptors (Lipinski definition) is 1. The van der Waals surface area contributed by atoms with Crippen LogP contribution in [-0.2, 0) is 5.41 Å². The molecule has 2 aromatic rings. The lowest BCUT2D eigenvalue weighted by Gasteiger charge is -2.22. The summed E-state index contributed by atoms with van der Waals surface area (Å²) >= 11 is 6.49. The molecule has 1 aliphatic rings. The zero-order valence-electron chi connectivity index (χ0n) is 12.0. The maximum Gasteiger partial charge on any atom is 0.0447 e. The summed E-state index contributed by atoms with van der Waals surface area (Å²) in [6.45, 7) is 1.10. The fraction of sp³-hybridized carbons (Fsp3) is 0.333. The Morgan fingerprint density at radius 3 is 2.35 bits per heavy atom. The zero-order valence-corrected chi connectivity index (χ0v) is 12.8. The standard InChI is InChI=1S/C18H20ClN/c1-20(2)13-15-12-18(15,14-8-4-3-5-9-14)16-10-6-7-11-17(16)19/h3-11,15H,12-13H2,1-2H3. The summed E-state index contributed by atoms with van der Waals surface area (Å²) < 4.78 is 0. The fourth-order valence-electron chi connectivity index (χ4n) is 3.39. The molecule has 0 heterocycles. The van der Waals surface area contributed by atoms with E-state index in [1.807, 2.05) is 12.1 Å². The van der Waals surface area contributed by atoms with E-state index in [0.29, 0.717) is 5.92 Å². The Morgan fingerprint density at radius 2 is 1.70 bits per heavy atom. The number of nitrogens with zero attached hydrogens (tertiary/aromatic N) is 1. The van der Waals surface area contributed by atoms with E-state index in [9.17, 15) is 0 Å². The number of halogens is 1. The summed E-state index contributed by atoms with van der Waals surface area (Å²) in [6.07, 6.45) is 1.18. The van der Waals surface area contributed by atoms with Crippen LogP contribution in [0.25, 0.3) is 0 Å². The van der Waals surface area contributed by atoms with Crippen LogP contribution in [0.5, 0.6) is 0 Å². The van der Waals surface area contributed by atoms with Crippen molar-refractivity contribution in [1.82, 2.24) is 4.90 Å². The molecule has 0 aliphatic heterocycles. The first kappa shape index (κ1) is 13.7. The monoisotopic (exact) mass is 285 g/mol. The normalized spacial score (nSPS) is 24.9. The summed E-state index contributed by atoms with van der Waals surface area (Å²) in [5.74, 6) is 0.639. The van der Waals surface area contributed by atoms with Crippen LogP contribution in [0.1, 0.15) is 17.5 Å². The molecule has 2 atom stereocenters. The second-order valence-electron chi connectivity index (χ2n) is 5.98. The Kier molecular flexibility index (Phi) is 3.57. The topological polar surface area (TPSA) is 3.24 Å². The number of rotatable bonds is 4. The Morgan fingerprint density at radius 1 is 1.05 bits per heavy atom. The maximum absolute atomic E-state index is 6.49. The number of hydrogen-bond donors (Lipinski definition) is 0. The summed E-state index contributed by atoms with van der Waals surface area (Å²) in [5, 5.41) is 0.887. The minimum Gasteiger partial charge on any atom is -0.309 e. The second kappa shape index (κ2) is 5.23. The van der Waals surface area contributed by atoms with Gasteiger partial charge in [0.1, 0.15) is 0 Å². The van der Waals surface area contributed by atoms with E-state index in [2.05, 4.69) is 61.5 Å². The summed E-state index contributed by atoms with van der Waals surface area (Å²) in [4.78, 5) is 2.27. The molecule has 1 nitrogen and oxygen atoms in total. The third-order valence-electron chi connectivity index (χ3n) is 4.33. The van der Waals surface area contributed by atoms with Crippen LogP contribution in [0.3, 0.4) is 0 Å². The van der Waals surface area contributed by atoms with Gasteiger partial charge < -0.3 is 4.90 Å². The van der Waals surface area contributed by atoms with Gasteiger partial charge in [0, 0.05) is 17.0 Å². The van der Waals surface area contributed by atoms with Gasteiger partial charge in [-0.25, -0.2) is 0 Å². The molecule has 1 saturated carbocycles. The molecule has 104 valence electrons. The average molecular weight is 286 g/mol.